The van der Waals surface area contributed by atoms with Crippen LogP contribution >= 0.6 is 12.2 Å². The third kappa shape index (κ3) is 5.58. The smallest absolute Gasteiger partial charge is 0.170 e. The average Bonchev–Trinajstić information content (AvgIpc) is 2.70. The van der Waals surface area contributed by atoms with Crippen LogP contribution in [0.1, 0.15) is 23.6 Å². The van der Waals surface area contributed by atoms with Gasteiger partial charge in [-0.2, -0.15) is 5.26 Å². The molecular weight excluding hydrogens is 394 g/mol. The van der Waals surface area contributed by atoms with E-state index in [1.807, 2.05) is 43.3 Å². The van der Waals surface area contributed by atoms with E-state index in [4.69, 9.17) is 17.0 Å². The van der Waals surface area contributed by atoms with Gasteiger partial charge in [-0.15, -0.1) is 0 Å². The standard InChI is InChI=1S/C23H25N5OS/c1-4-29-20-5-6-21-17(13-20)12-18(14-24)22(28-21)25-7-8-26-23(30)27-19-10-15(2)9-16(3)11-19/h5-6,9-13H,4,7-8H2,1-3H3,(H,25,28)(H2,26,27,30). The van der Waals surface area contributed by atoms with Crippen molar-refractivity contribution in [1.29, 1.82) is 5.26 Å². The zero-order chi connectivity index (χ0) is 21.5. The minimum atomic E-state index is 0.493. The van der Waals surface area contributed by atoms with Gasteiger partial charge in [0, 0.05) is 24.2 Å². The van der Waals surface area contributed by atoms with Crippen LogP contribution < -0.4 is 20.7 Å². The highest BCUT2D eigenvalue weighted by Crippen LogP contribution is 2.24. The summed E-state index contributed by atoms with van der Waals surface area (Å²) in [6.07, 6.45) is 0. The van der Waals surface area contributed by atoms with Crippen LogP contribution in [0.5, 0.6) is 5.75 Å². The normalized spacial score (nSPS) is 10.3. The summed E-state index contributed by atoms with van der Waals surface area (Å²) in [5.41, 5.74) is 4.63. The third-order valence-electron chi connectivity index (χ3n) is 4.40. The first-order valence-electron chi connectivity index (χ1n) is 9.83. The van der Waals surface area contributed by atoms with Crippen molar-refractivity contribution in [3.63, 3.8) is 0 Å². The molecule has 154 valence electrons. The van der Waals surface area contributed by atoms with E-state index in [0.29, 0.717) is 36.2 Å². The van der Waals surface area contributed by atoms with Gasteiger partial charge in [-0.1, -0.05) is 6.07 Å². The largest absolute Gasteiger partial charge is 0.494 e. The minimum absolute atomic E-state index is 0.493. The summed E-state index contributed by atoms with van der Waals surface area (Å²) in [4.78, 5) is 4.59. The maximum absolute atomic E-state index is 9.50. The summed E-state index contributed by atoms with van der Waals surface area (Å²) in [5, 5.41) is 20.5. The van der Waals surface area contributed by atoms with Gasteiger partial charge in [0.2, 0.25) is 0 Å². The van der Waals surface area contributed by atoms with Crippen LogP contribution in [0.15, 0.2) is 42.5 Å². The molecule has 0 atom stereocenters. The molecule has 0 aliphatic rings. The van der Waals surface area contributed by atoms with Crippen molar-refractivity contribution in [3.8, 4) is 11.8 Å². The van der Waals surface area contributed by atoms with Gasteiger partial charge >= 0.3 is 0 Å². The average molecular weight is 420 g/mol. The molecule has 3 aromatic rings. The SMILES string of the molecule is CCOc1ccc2nc(NCCNC(=S)Nc3cc(C)cc(C)c3)c(C#N)cc2c1. The Hall–Kier alpha value is -3.37. The summed E-state index contributed by atoms with van der Waals surface area (Å²) < 4.78 is 5.52. The number of benzene rings is 2. The number of hydrogen-bond donors (Lipinski definition) is 3. The molecule has 0 radical (unpaired) electrons. The number of nitrogens with zero attached hydrogens (tertiary/aromatic N) is 2. The number of rotatable bonds is 7. The van der Waals surface area contributed by atoms with Crippen LogP contribution in [0.25, 0.3) is 10.9 Å². The van der Waals surface area contributed by atoms with Crippen LogP contribution in [0.4, 0.5) is 11.5 Å². The molecule has 0 bridgehead atoms. The molecular formula is C23H25N5OS. The van der Waals surface area contributed by atoms with E-state index in [1.165, 1.54) is 11.1 Å². The Morgan fingerprint density at radius 1 is 1.10 bits per heavy atom. The molecule has 3 rings (SSSR count). The van der Waals surface area contributed by atoms with Crippen molar-refractivity contribution in [2.75, 3.05) is 30.3 Å². The number of ether oxygens (including phenoxy) is 1. The number of aryl methyl sites for hydroxylation is 2. The molecule has 0 fully saturated rings. The van der Waals surface area contributed by atoms with Gasteiger partial charge < -0.3 is 20.7 Å². The van der Waals surface area contributed by atoms with E-state index in [-0.39, 0.29) is 0 Å². The molecule has 6 nitrogen and oxygen atoms in total. The van der Waals surface area contributed by atoms with Gasteiger partial charge in [-0.05, 0) is 80.5 Å². The molecule has 0 unspecified atom stereocenters. The van der Waals surface area contributed by atoms with Gasteiger partial charge in [0.1, 0.15) is 17.6 Å². The molecule has 1 aromatic heterocycles. The van der Waals surface area contributed by atoms with Crippen molar-refractivity contribution in [1.82, 2.24) is 10.3 Å². The summed E-state index contributed by atoms with van der Waals surface area (Å²) in [5.74, 6) is 1.33. The molecule has 2 aromatic carbocycles. The van der Waals surface area contributed by atoms with Crippen molar-refractivity contribution in [2.24, 2.45) is 0 Å². The second kappa shape index (κ2) is 9.90. The summed E-state index contributed by atoms with van der Waals surface area (Å²) in [6.45, 7) is 7.80. The molecule has 0 amide bonds. The first-order chi connectivity index (χ1) is 14.5. The van der Waals surface area contributed by atoms with E-state index in [2.05, 4.69) is 46.9 Å². The van der Waals surface area contributed by atoms with E-state index in [1.54, 1.807) is 0 Å². The van der Waals surface area contributed by atoms with Gasteiger partial charge in [-0.25, -0.2) is 4.98 Å². The number of aromatic nitrogens is 1. The lowest BCUT2D eigenvalue weighted by Gasteiger charge is -2.13. The first-order valence-corrected chi connectivity index (χ1v) is 10.2. The van der Waals surface area contributed by atoms with Gasteiger partial charge in [-0.3, -0.25) is 0 Å². The van der Waals surface area contributed by atoms with Gasteiger partial charge in [0.15, 0.2) is 5.11 Å². The Bertz CT molecular complexity index is 1090. The first kappa shape index (κ1) is 21.3. The van der Waals surface area contributed by atoms with Crippen molar-refractivity contribution in [3.05, 3.63) is 59.2 Å². The lowest BCUT2D eigenvalue weighted by atomic mass is 10.1. The maximum Gasteiger partial charge on any atom is 0.170 e. The Kier molecular flexibility index (Phi) is 7.04. The fourth-order valence-corrected chi connectivity index (χ4v) is 3.43. The molecule has 1 heterocycles. The number of pyridine rings is 1. The van der Waals surface area contributed by atoms with Crippen LogP contribution in [0.2, 0.25) is 0 Å². The number of anilines is 2. The third-order valence-corrected chi connectivity index (χ3v) is 4.65. The predicted molar refractivity (Wildman–Crippen MR) is 126 cm³/mol. The molecule has 0 aliphatic heterocycles. The van der Waals surface area contributed by atoms with Gasteiger partial charge in [0.25, 0.3) is 0 Å². The van der Waals surface area contributed by atoms with E-state index >= 15 is 0 Å². The van der Waals surface area contributed by atoms with Crippen LogP contribution in [-0.2, 0) is 0 Å². The Morgan fingerprint density at radius 2 is 1.87 bits per heavy atom. The predicted octanol–water partition coefficient (Wildman–Crippen LogP) is 4.52. The molecule has 7 heteroatoms. The van der Waals surface area contributed by atoms with Crippen molar-refractivity contribution < 1.29 is 4.74 Å². The number of fused-ring (bicyclic) bond motifs is 1. The summed E-state index contributed by atoms with van der Waals surface area (Å²) in [7, 11) is 0. The molecule has 0 aliphatic carbocycles. The quantitative estimate of drug-likeness (QED) is 0.384. The molecule has 3 N–H and O–H groups in total. The maximum atomic E-state index is 9.50. The Morgan fingerprint density at radius 3 is 2.57 bits per heavy atom. The van der Waals surface area contributed by atoms with E-state index < -0.39 is 0 Å². The zero-order valence-electron chi connectivity index (χ0n) is 17.4. The highest BCUT2D eigenvalue weighted by atomic mass is 32.1. The number of hydrogen-bond acceptors (Lipinski definition) is 5. The van der Waals surface area contributed by atoms with Gasteiger partial charge in [0.05, 0.1) is 17.7 Å². The lowest BCUT2D eigenvalue weighted by molar-refractivity contribution is 0.340. The van der Waals surface area contributed by atoms with Crippen LogP contribution in [0.3, 0.4) is 0 Å². The minimum Gasteiger partial charge on any atom is -0.494 e. The summed E-state index contributed by atoms with van der Waals surface area (Å²) >= 11 is 5.37. The summed E-state index contributed by atoms with van der Waals surface area (Å²) in [6, 6.07) is 15.9. The second-order valence-corrected chi connectivity index (χ2v) is 7.38. The van der Waals surface area contributed by atoms with Crippen molar-refractivity contribution >= 4 is 39.7 Å². The monoisotopic (exact) mass is 419 g/mol. The topological polar surface area (TPSA) is 82.0 Å². The molecule has 30 heavy (non-hydrogen) atoms. The number of nitriles is 1. The Balaban J connectivity index is 1.58. The van der Waals surface area contributed by atoms with Crippen molar-refractivity contribution in [2.45, 2.75) is 20.8 Å². The van der Waals surface area contributed by atoms with E-state index in [0.717, 1.165) is 22.3 Å². The highest BCUT2D eigenvalue weighted by molar-refractivity contribution is 7.80. The molecule has 0 saturated carbocycles. The van der Waals surface area contributed by atoms with E-state index in [9.17, 15) is 5.26 Å². The zero-order valence-corrected chi connectivity index (χ0v) is 18.2. The lowest BCUT2D eigenvalue weighted by Crippen LogP contribution is -2.32. The molecule has 0 saturated heterocycles. The fourth-order valence-electron chi connectivity index (χ4n) is 3.21. The number of thiocarbonyl (C=S) groups is 1. The highest BCUT2D eigenvalue weighted by Gasteiger charge is 2.08. The van der Waals surface area contributed by atoms with Crippen LogP contribution in [-0.4, -0.2) is 29.8 Å². The Labute approximate surface area is 182 Å². The number of nitrogens with one attached hydrogen (secondary N) is 3. The van der Waals surface area contributed by atoms with Crippen LogP contribution in [0, 0.1) is 25.2 Å². The molecule has 0 spiro atoms. The second-order valence-electron chi connectivity index (χ2n) is 6.97. The fraction of sp³-hybridized carbons (Fsp3) is 0.261.